The van der Waals surface area contributed by atoms with Crippen LogP contribution < -0.4 is 9.64 Å². The predicted molar refractivity (Wildman–Crippen MR) is 67.3 cm³/mol. The lowest BCUT2D eigenvalue weighted by Crippen LogP contribution is -2.34. The number of anilines is 1. The Morgan fingerprint density at radius 1 is 1.44 bits per heavy atom. The van der Waals surface area contributed by atoms with Gasteiger partial charge in [0, 0.05) is 18.4 Å². The molecule has 0 bridgehead atoms. The van der Waals surface area contributed by atoms with Gasteiger partial charge in [0.15, 0.2) is 5.82 Å². The summed E-state index contributed by atoms with van der Waals surface area (Å²) in [7, 11) is 1.62. The maximum atomic E-state index is 5.08. The van der Waals surface area contributed by atoms with E-state index in [-0.39, 0.29) is 0 Å². The summed E-state index contributed by atoms with van der Waals surface area (Å²) in [5.41, 5.74) is 0. The predicted octanol–water partition coefficient (Wildman–Crippen LogP) is 2.10. The van der Waals surface area contributed by atoms with Gasteiger partial charge in [-0.1, -0.05) is 15.9 Å². The molecule has 1 saturated heterocycles. The molecule has 0 amide bonds. The minimum atomic E-state index is 0.583. The fourth-order valence-electron chi connectivity index (χ4n) is 1.91. The van der Waals surface area contributed by atoms with Gasteiger partial charge >= 0.3 is 0 Å². The van der Waals surface area contributed by atoms with Crippen LogP contribution >= 0.6 is 15.9 Å². The topological polar surface area (TPSA) is 38.2 Å². The molecule has 0 aliphatic carbocycles. The quantitative estimate of drug-likeness (QED) is 0.798. The van der Waals surface area contributed by atoms with Crippen LogP contribution in [-0.2, 0) is 0 Å². The van der Waals surface area contributed by atoms with E-state index in [9.17, 15) is 0 Å². The summed E-state index contributed by atoms with van der Waals surface area (Å²) in [6.07, 6.45) is 5.86. The first-order valence-electron chi connectivity index (χ1n) is 5.50. The second-order valence-corrected chi connectivity index (χ2v) is 4.65. The minimum Gasteiger partial charge on any atom is -0.480 e. The molecule has 4 nitrogen and oxygen atoms in total. The standard InChI is InChI=1S/C11H16BrN3O/c1-16-11-8-13-7-10(14-11)15-4-2-9(6-12)3-5-15/h7-9H,2-6H2,1H3. The molecule has 1 aliphatic rings. The van der Waals surface area contributed by atoms with Crippen molar-refractivity contribution in [3.8, 4) is 5.88 Å². The number of hydrogen-bond donors (Lipinski definition) is 0. The summed E-state index contributed by atoms with van der Waals surface area (Å²) in [5.74, 6) is 2.31. The second-order valence-electron chi connectivity index (χ2n) is 4.00. The molecule has 5 heteroatoms. The molecule has 0 saturated carbocycles. The van der Waals surface area contributed by atoms with Crippen LogP contribution in [0.3, 0.4) is 0 Å². The fourth-order valence-corrected chi connectivity index (χ4v) is 2.55. The van der Waals surface area contributed by atoms with Gasteiger partial charge in [-0.05, 0) is 18.8 Å². The van der Waals surface area contributed by atoms with Gasteiger partial charge in [0.05, 0.1) is 19.5 Å². The van der Waals surface area contributed by atoms with Crippen LogP contribution in [0.25, 0.3) is 0 Å². The zero-order valence-electron chi connectivity index (χ0n) is 9.40. The van der Waals surface area contributed by atoms with Gasteiger partial charge in [0.1, 0.15) is 0 Å². The summed E-state index contributed by atoms with van der Waals surface area (Å²) >= 11 is 3.54. The van der Waals surface area contributed by atoms with Gasteiger partial charge in [-0.15, -0.1) is 0 Å². The molecular weight excluding hydrogens is 270 g/mol. The molecular formula is C11H16BrN3O. The van der Waals surface area contributed by atoms with Gasteiger partial charge in [0.25, 0.3) is 0 Å². The number of methoxy groups -OCH3 is 1. The number of rotatable bonds is 3. The van der Waals surface area contributed by atoms with E-state index in [1.54, 1.807) is 19.5 Å². The number of halogens is 1. The van der Waals surface area contributed by atoms with E-state index in [0.29, 0.717) is 5.88 Å². The molecule has 1 aromatic rings. The van der Waals surface area contributed by atoms with Gasteiger partial charge in [-0.25, -0.2) is 0 Å². The number of alkyl halides is 1. The van der Waals surface area contributed by atoms with Crippen molar-refractivity contribution >= 4 is 21.7 Å². The summed E-state index contributed by atoms with van der Waals surface area (Å²) in [4.78, 5) is 10.8. The lowest BCUT2D eigenvalue weighted by molar-refractivity contribution is 0.393. The lowest BCUT2D eigenvalue weighted by atomic mass is 9.99. The molecule has 88 valence electrons. The van der Waals surface area contributed by atoms with Crippen molar-refractivity contribution in [1.29, 1.82) is 0 Å². The van der Waals surface area contributed by atoms with Crippen LogP contribution in [0.15, 0.2) is 12.4 Å². The van der Waals surface area contributed by atoms with E-state index in [0.717, 1.165) is 30.2 Å². The monoisotopic (exact) mass is 285 g/mol. The molecule has 1 aromatic heterocycles. The maximum absolute atomic E-state index is 5.08. The average Bonchev–Trinajstić information content (AvgIpc) is 2.39. The fraction of sp³-hybridized carbons (Fsp3) is 0.636. The Hall–Kier alpha value is -0.840. The van der Waals surface area contributed by atoms with Crippen LogP contribution in [0, 0.1) is 5.92 Å². The second kappa shape index (κ2) is 5.48. The smallest absolute Gasteiger partial charge is 0.233 e. The molecule has 0 radical (unpaired) electrons. The summed E-state index contributed by atoms with van der Waals surface area (Å²) in [6.45, 7) is 2.11. The van der Waals surface area contributed by atoms with E-state index in [1.165, 1.54) is 12.8 Å². The highest BCUT2D eigenvalue weighted by Gasteiger charge is 2.19. The molecule has 1 fully saturated rings. The molecule has 0 spiro atoms. The highest BCUT2D eigenvalue weighted by atomic mass is 79.9. The normalized spacial score (nSPS) is 17.5. The van der Waals surface area contributed by atoms with Crippen LogP contribution in [0.4, 0.5) is 5.82 Å². The molecule has 0 unspecified atom stereocenters. The summed E-state index contributed by atoms with van der Waals surface area (Å²) < 4.78 is 5.08. The van der Waals surface area contributed by atoms with Crippen LogP contribution in [0.1, 0.15) is 12.8 Å². The van der Waals surface area contributed by atoms with Crippen molar-refractivity contribution in [2.45, 2.75) is 12.8 Å². The van der Waals surface area contributed by atoms with Crippen LogP contribution in [-0.4, -0.2) is 35.5 Å². The molecule has 0 N–H and O–H groups in total. The highest BCUT2D eigenvalue weighted by Crippen LogP contribution is 2.23. The molecule has 1 aliphatic heterocycles. The molecule has 0 atom stereocenters. The summed E-state index contributed by atoms with van der Waals surface area (Å²) in [5, 5.41) is 1.10. The SMILES string of the molecule is COc1cncc(N2CCC(CBr)CC2)n1. The Morgan fingerprint density at radius 3 is 2.81 bits per heavy atom. The first kappa shape index (κ1) is 11.6. The van der Waals surface area contributed by atoms with Crippen LogP contribution in [0.5, 0.6) is 5.88 Å². The van der Waals surface area contributed by atoms with Crippen molar-refractivity contribution in [1.82, 2.24) is 9.97 Å². The zero-order valence-corrected chi connectivity index (χ0v) is 11.0. The summed E-state index contributed by atoms with van der Waals surface area (Å²) in [6, 6.07) is 0. The van der Waals surface area contributed by atoms with E-state index in [4.69, 9.17) is 4.74 Å². The first-order chi connectivity index (χ1) is 7.83. The zero-order chi connectivity index (χ0) is 11.4. The third kappa shape index (κ3) is 2.64. The Balaban J connectivity index is 2.02. The minimum absolute atomic E-state index is 0.583. The average molecular weight is 286 g/mol. The Labute approximate surface area is 104 Å². The van der Waals surface area contributed by atoms with Gasteiger partial charge in [0.2, 0.25) is 5.88 Å². The largest absolute Gasteiger partial charge is 0.480 e. The third-order valence-electron chi connectivity index (χ3n) is 2.97. The third-order valence-corrected chi connectivity index (χ3v) is 3.88. The number of aromatic nitrogens is 2. The van der Waals surface area contributed by atoms with Crippen LogP contribution in [0.2, 0.25) is 0 Å². The maximum Gasteiger partial charge on any atom is 0.233 e. The van der Waals surface area contributed by atoms with Crippen molar-refractivity contribution in [2.24, 2.45) is 5.92 Å². The van der Waals surface area contributed by atoms with Crippen molar-refractivity contribution in [3.63, 3.8) is 0 Å². The molecule has 2 heterocycles. The lowest BCUT2D eigenvalue weighted by Gasteiger charge is -2.31. The van der Waals surface area contributed by atoms with Crippen molar-refractivity contribution in [3.05, 3.63) is 12.4 Å². The van der Waals surface area contributed by atoms with E-state index >= 15 is 0 Å². The number of hydrogen-bond acceptors (Lipinski definition) is 4. The van der Waals surface area contributed by atoms with E-state index in [1.807, 2.05) is 0 Å². The van der Waals surface area contributed by atoms with Gasteiger partial charge < -0.3 is 9.64 Å². The Morgan fingerprint density at radius 2 is 2.19 bits per heavy atom. The van der Waals surface area contributed by atoms with Gasteiger partial charge in [-0.2, -0.15) is 4.98 Å². The Kier molecular flexibility index (Phi) is 3.98. The Bertz CT molecular complexity index is 340. The number of piperidine rings is 1. The highest BCUT2D eigenvalue weighted by molar-refractivity contribution is 9.09. The van der Waals surface area contributed by atoms with Gasteiger partial charge in [-0.3, -0.25) is 4.98 Å². The van der Waals surface area contributed by atoms with Crippen molar-refractivity contribution < 1.29 is 4.74 Å². The first-order valence-corrected chi connectivity index (χ1v) is 6.62. The number of ether oxygens (including phenoxy) is 1. The molecule has 2 rings (SSSR count). The molecule has 16 heavy (non-hydrogen) atoms. The number of nitrogens with zero attached hydrogens (tertiary/aromatic N) is 3. The van der Waals surface area contributed by atoms with E-state index in [2.05, 4.69) is 30.8 Å². The van der Waals surface area contributed by atoms with E-state index < -0.39 is 0 Å². The van der Waals surface area contributed by atoms with Crippen molar-refractivity contribution in [2.75, 3.05) is 30.4 Å². The molecule has 0 aromatic carbocycles.